The molecule has 1 aromatic rings. The molecule has 1 aromatic heterocycles. The SMILES string of the molecule is C1=C[SH](c2cnn[nH]2)C=C1. The summed E-state index contributed by atoms with van der Waals surface area (Å²) in [4.78, 5) is 0. The molecule has 0 aliphatic carbocycles. The van der Waals surface area contributed by atoms with Crippen LogP contribution in [0, 0.1) is 0 Å². The highest BCUT2D eigenvalue weighted by atomic mass is 32.2. The van der Waals surface area contributed by atoms with Gasteiger partial charge >= 0.3 is 0 Å². The van der Waals surface area contributed by atoms with Crippen molar-refractivity contribution in [3.63, 3.8) is 0 Å². The highest BCUT2D eigenvalue weighted by Crippen LogP contribution is 2.39. The van der Waals surface area contributed by atoms with Crippen LogP contribution in [-0.2, 0) is 0 Å². The fourth-order valence-corrected chi connectivity index (χ4v) is 2.15. The van der Waals surface area contributed by atoms with Crippen molar-refractivity contribution < 1.29 is 0 Å². The van der Waals surface area contributed by atoms with Crippen molar-refractivity contribution >= 4 is 10.9 Å². The average Bonchev–Trinajstić information content (AvgIpc) is 2.59. The minimum absolute atomic E-state index is 0.245. The molecule has 1 aliphatic heterocycles. The number of thiol groups is 1. The molecule has 0 radical (unpaired) electrons. The monoisotopic (exact) mass is 153 g/mol. The quantitative estimate of drug-likeness (QED) is 0.595. The van der Waals surface area contributed by atoms with Gasteiger partial charge in [-0.15, -0.1) is 5.10 Å². The third-order valence-corrected chi connectivity index (χ3v) is 3.04. The molecular weight excluding hydrogens is 146 g/mol. The third-order valence-electron chi connectivity index (χ3n) is 1.28. The second-order valence-electron chi connectivity index (χ2n) is 1.93. The Balaban J connectivity index is 2.29. The zero-order valence-electron chi connectivity index (χ0n) is 5.23. The van der Waals surface area contributed by atoms with E-state index in [1.165, 1.54) is 0 Å². The fraction of sp³-hybridized carbons (Fsp3) is 0. The van der Waals surface area contributed by atoms with Gasteiger partial charge in [-0.1, -0.05) is 17.4 Å². The molecule has 0 spiro atoms. The van der Waals surface area contributed by atoms with Crippen LogP contribution in [0.25, 0.3) is 0 Å². The molecule has 0 atom stereocenters. The summed E-state index contributed by atoms with van der Waals surface area (Å²) in [6.45, 7) is 0. The van der Waals surface area contributed by atoms with E-state index in [0.29, 0.717) is 0 Å². The summed E-state index contributed by atoms with van der Waals surface area (Å²) in [5.41, 5.74) is 0. The lowest BCUT2D eigenvalue weighted by molar-refractivity contribution is 0.911. The van der Waals surface area contributed by atoms with Crippen LogP contribution in [0.5, 0.6) is 0 Å². The van der Waals surface area contributed by atoms with E-state index in [1.54, 1.807) is 6.20 Å². The molecule has 52 valence electrons. The molecule has 0 fully saturated rings. The van der Waals surface area contributed by atoms with Gasteiger partial charge in [0.1, 0.15) is 0 Å². The molecule has 0 amide bonds. The summed E-state index contributed by atoms with van der Waals surface area (Å²) < 4.78 is 0. The van der Waals surface area contributed by atoms with Crippen LogP contribution in [0.15, 0.2) is 34.2 Å². The van der Waals surface area contributed by atoms with Gasteiger partial charge in [0.05, 0.1) is 11.2 Å². The largest absolute Gasteiger partial charge is 0.253 e. The molecule has 0 saturated heterocycles. The molecule has 0 saturated carbocycles. The Morgan fingerprint density at radius 2 is 2.10 bits per heavy atom. The van der Waals surface area contributed by atoms with Crippen molar-refractivity contribution in [2.45, 2.75) is 5.03 Å². The Bertz CT molecular complexity index is 251. The molecule has 2 rings (SSSR count). The standard InChI is InChI=1S/C6H7N3S/c1-2-4-10(3-1)6-5-7-9-8-6/h1-5,10H,(H,7,8,9). The normalized spacial score (nSPS) is 18.6. The smallest absolute Gasteiger partial charge is 0.0985 e. The predicted molar refractivity (Wildman–Crippen MR) is 41.9 cm³/mol. The van der Waals surface area contributed by atoms with Gasteiger partial charge in [-0.2, -0.15) is 10.9 Å². The third kappa shape index (κ3) is 0.863. The lowest BCUT2D eigenvalue weighted by Gasteiger charge is -2.02. The Kier molecular flexibility index (Phi) is 1.32. The number of nitrogens with zero attached hydrogens (tertiary/aromatic N) is 2. The van der Waals surface area contributed by atoms with E-state index in [1.807, 2.05) is 12.2 Å². The van der Waals surface area contributed by atoms with Gasteiger partial charge in [-0.25, -0.2) is 0 Å². The molecule has 1 aliphatic rings. The summed E-state index contributed by atoms with van der Waals surface area (Å²) >= 11 is 0. The number of H-pyrrole nitrogens is 1. The Morgan fingerprint density at radius 3 is 2.70 bits per heavy atom. The Hall–Kier alpha value is -1.03. The van der Waals surface area contributed by atoms with Crippen LogP contribution in [0.3, 0.4) is 0 Å². The number of aromatic amines is 1. The van der Waals surface area contributed by atoms with Crippen LogP contribution in [0.1, 0.15) is 0 Å². The van der Waals surface area contributed by atoms with Crippen LogP contribution in [0.4, 0.5) is 0 Å². The molecule has 3 nitrogen and oxygen atoms in total. The molecule has 0 unspecified atom stereocenters. The molecule has 0 bridgehead atoms. The number of allylic oxidation sites excluding steroid dienone is 2. The molecule has 2 heterocycles. The van der Waals surface area contributed by atoms with Crippen LogP contribution < -0.4 is 0 Å². The van der Waals surface area contributed by atoms with E-state index in [2.05, 4.69) is 26.2 Å². The highest BCUT2D eigenvalue weighted by molar-refractivity contribution is 8.22. The van der Waals surface area contributed by atoms with Gasteiger partial charge in [0.15, 0.2) is 0 Å². The van der Waals surface area contributed by atoms with Gasteiger partial charge in [-0.3, -0.25) is 5.10 Å². The van der Waals surface area contributed by atoms with E-state index in [9.17, 15) is 0 Å². The Morgan fingerprint density at radius 1 is 1.30 bits per heavy atom. The number of hydrogen-bond donors (Lipinski definition) is 2. The second kappa shape index (κ2) is 2.30. The van der Waals surface area contributed by atoms with Crippen LogP contribution >= 0.6 is 10.9 Å². The van der Waals surface area contributed by atoms with Gasteiger partial charge < -0.3 is 0 Å². The molecule has 0 aromatic carbocycles. The fourth-order valence-electron chi connectivity index (χ4n) is 0.812. The molecule has 10 heavy (non-hydrogen) atoms. The van der Waals surface area contributed by atoms with Gasteiger partial charge in [0.2, 0.25) is 0 Å². The lowest BCUT2D eigenvalue weighted by Crippen LogP contribution is -1.73. The molecule has 1 N–H and O–H groups in total. The van der Waals surface area contributed by atoms with Crippen molar-refractivity contribution in [1.82, 2.24) is 15.4 Å². The zero-order valence-corrected chi connectivity index (χ0v) is 6.12. The van der Waals surface area contributed by atoms with Gasteiger partial charge in [0.25, 0.3) is 0 Å². The first-order chi connectivity index (χ1) is 4.97. The summed E-state index contributed by atoms with van der Waals surface area (Å²) in [6, 6.07) is 0. The minimum Gasteiger partial charge on any atom is -0.253 e. The van der Waals surface area contributed by atoms with Crippen molar-refractivity contribution in [1.29, 1.82) is 0 Å². The maximum Gasteiger partial charge on any atom is 0.0985 e. The second-order valence-corrected chi connectivity index (χ2v) is 3.82. The number of aromatic nitrogens is 3. The minimum atomic E-state index is -0.245. The van der Waals surface area contributed by atoms with Crippen LogP contribution in [-0.4, -0.2) is 15.4 Å². The maximum atomic E-state index is 3.71. The molecule has 4 heteroatoms. The summed E-state index contributed by atoms with van der Waals surface area (Å²) in [6.07, 6.45) is 5.87. The maximum absolute atomic E-state index is 3.71. The van der Waals surface area contributed by atoms with Crippen LogP contribution in [0.2, 0.25) is 0 Å². The van der Waals surface area contributed by atoms with E-state index < -0.39 is 0 Å². The van der Waals surface area contributed by atoms with Crippen molar-refractivity contribution in [3.8, 4) is 0 Å². The summed E-state index contributed by atoms with van der Waals surface area (Å²) in [7, 11) is -0.245. The van der Waals surface area contributed by atoms with Crippen molar-refractivity contribution in [3.05, 3.63) is 29.2 Å². The van der Waals surface area contributed by atoms with Crippen molar-refractivity contribution in [2.75, 3.05) is 0 Å². The van der Waals surface area contributed by atoms with E-state index in [4.69, 9.17) is 0 Å². The molecular formula is C6H7N3S. The summed E-state index contributed by atoms with van der Waals surface area (Å²) in [5.74, 6) is 0. The van der Waals surface area contributed by atoms with E-state index in [0.717, 1.165) is 5.03 Å². The average molecular weight is 153 g/mol. The lowest BCUT2D eigenvalue weighted by atomic mass is 10.6. The first-order valence-electron chi connectivity index (χ1n) is 2.96. The highest BCUT2D eigenvalue weighted by Gasteiger charge is 2.02. The topological polar surface area (TPSA) is 41.6 Å². The number of hydrogen-bond acceptors (Lipinski definition) is 2. The summed E-state index contributed by atoms with van der Waals surface area (Å²) in [5, 5.41) is 15.6. The van der Waals surface area contributed by atoms with Crippen molar-refractivity contribution in [2.24, 2.45) is 0 Å². The van der Waals surface area contributed by atoms with Gasteiger partial charge in [-0.05, 0) is 10.8 Å². The van der Waals surface area contributed by atoms with E-state index in [-0.39, 0.29) is 10.9 Å². The first-order valence-corrected chi connectivity index (χ1v) is 4.44. The van der Waals surface area contributed by atoms with E-state index >= 15 is 0 Å². The van der Waals surface area contributed by atoms with Gasteiger partial charge in [0, 0.05) is 0 Å². The first kappa shape index (κ1) is 5.73. The Labute approximate surface area is 61.2 Å². The zero-order chi connectivity index (χ0) is 6.81. The number of nitrogens with one attached hydrogen (secondary N) is 1. The predicted octanol–water partition coefficient (Wildman–Crippen LogP) is 1.21. The number of rotatable bonds is 1.